The Morgan fingerprint density at radius 2 is 1.69 bits per heavy atom. The second-order valence-electron chi connectivity index (χ2n) is 9.02. The fourth-order valence-corrected chi connectivity index (χ4v) is 3.43. The number of hydrogen-bond donors (Lipinski definition) is 1. The highest BCUT2D eigenvalue weighted by atomic mass is 19.1. The Morgan fingerprint density at radius 1 is 1.07 bits per heavy atom. The predicted molar refractivity (Wildman–Crippen MR) is 112 cm³/mol. The van der Waals surface area contributed by atoms with Gasteiger partial charge in [-0.05, 0) is 75.7 Å². The lowest BCUT2D eigenvalue weighted by Gasteiger charge is -2.32. The average Bonchev–Trinajstić information content (AvgIpc) is 3.48. The third-order valence-electron chi connectivity index (χ3n) is 6.26. The topological polar surface area (TPSA) is 47.6 Å². The second-order valence-corrected chi connectivity index (χ2v) is 9.02. The third-order valence-corrected chi connectivity index (χ3v) is 6.26. The largest absolute Gasteiger partial charge is 0.494 e. The maximum atomic E-state index is 14.6. The second kappa shape index (κ2) is 7.26. The van der Waals surface area contributed by atoms with Crippen LogP contribution in [0.3, 0.4) is 0 Å². The lowest BCUT2D eigenvalue weighted by Crippen LogP contribution is -2.41. The molecule has 2 aromatic rings. The van der Waals surface area contributed by atoms with E-state index in [1.807, 2.05) is 52.0 Å². The Balaban J connectivity index is 1.39. The van der Waals surface area contributed by atoms with E-state index in [1.54, 1.807) is 12.1 Å². The smallest absolute Gasteiger partial charge is 0.399 e. The van der Waals surface area contributed by atoms with Crippen LogP contribution >= 0.6 is 0 Å². The lowest BCUT2D eigenvalue weighted by atomic mass is 9.78. The normalized spacial score (nSPS) is 20.0. The molecule has 1 heterocycles. The van der Waals surface area contributed by atoms with E-state index in [1.165, 1.54) is 24.5 Å². The van der Waals surface area contributed by atoms with E-state index in [0.29, 0.717) is 22.5 Å². The quantitative estimate of drug-likeness (QED) is 0.781. The van der Waals surface area contributed by atoms with Gasteiger partial charge in [0, 0.05) is 17.7 Å². The molecule has 0 atom stereocenters. The van der Waals surface area contributed by atoms with Gasteiger partial charge in [-0.25, -0.2) is 4.39 Å². The summed E-state index contributed by atoms with van der Waals surface area (Å²) < 4.78 is 26.6. The van der Waals surface area contributed by atoms with Gasteiger partial charge >= 0.3 is 7.12 Å². The lowest BCUT2D eigenvalue weighted by molar-refractivity contribution is 0.00578. The van der Waals surface area contributed by atoms with Gasteiger partial charge in [0.2, 0.25) is 0 Å². The molecule has 152 valence electrons. The van der Waals surface area contributed by atoms with Crippen LogP contribution in [0.5, 0.6) is 0 Å². The van der Waals surface area contributed by atoms with Crippen molar-refractivity contribution in [3.8, 4) is 0 Å². The summed E-state index contributed by atoms with van der Waals surface area (Å²) in [6.07, 6.45) is 2.46. The van der Waals surface area contributed by atoms with E-state index >= 15 is 0 Å². The molecule has 0 aromatic heterocycles. The van der Waals surface area contributed by atoms with Crippen molar-refractivity contribution in [3.05, 3.63) is 65.0 Å². The molecule has 0 spiro atoms. The Kier molecular flexibility index (Phi) is 5.03. The van der Waals surface area contributed by atoms with Gasteiger partial charge in [0.25, 0.3) is 5.91 Å². The minimum atomic E-state index is -0.608. The van der Waals surface area contributed by atoms with E-state index in [2.05, 4.69) is 5.32 Å². The van der Waals surface area contributed by atoms with Crippen molar-refractivity contribution in [2.45, 2.75) is 64.2 Å². The van der Waals surface area contributed by atoms with Gasteiger partial charge in [-0.1, -0.05) is 24.3 Å². The summed E-state index contributed by atoms with van der Waals surface area (Å²) in [5.74, 6) is 0.0621. The number of hydrogen-bond acceptors (Lipinski definition) is 3. The highest BCUT2D eigenvalue weighted by Crippen LogP contribution is 2.40. The van der Waals surface area contributed by atoms with Crippen LogP contribution in [0.25, 0.3) is 0 Å². The molecule has 1 saturated heterocycles. The molecule has 1 aliphatic carbocycles. The van der Waals surface area contributed by atoms with Crippen LogP contribution in [0.15, 0.2) is 42.5 Å². The number of amides is 1. The summed E-state index contributed by atoms with van der Waals surface area (Å²) in [6.45, 7) is 7.97. The maximum absolute atomic E-state index is 14.6. The average molecular weight is 395 g/mol. The molecule has 2 aromatic carbocycles. The highest BCUT2D eigenvalue weighted by Gasteiger charge is 2.51. The number of benzene rings is 2. The Morgan fingerprint density at radius 3 is 2.24 bits per heavy atom. The molecule has 2 fully saturated rings. The van der Waals surface area contributed by atoms with Crippen molar-refractivity contribution in [1.29, 1.82) is 0 Å². The van der Waals surface area contributed by atoms with E-state index in [-0.39, 0.29) is 18.3 Å². The van der Waals surface area contributed by atoms with Gasteiger partial charge in [0.15, 0.2) is 0 Å². The first-order valence-electron chi connectivity index (χ1n) is 10.2. The zero-order valence-corrected chi connectivity index (χ0v) is 17.4. The number of carbonyl (C=O) groups excluding carboxylic acids is 1. The van der Waals surface area contributed by atoms with Crippen LogP contribution in [0.1, 0.15) is 67.9 Å². The Labute approximate surface area is 171 Å². The van der Waals surface area contributed by atoms with Gasteiger partial charge in [-0.3, -0.25) is 4.79 Å². The maximum Gasteiger partial charge on any atom is 0.494 e. The third kappa shape index (κ3) is 4.10. The fraction of sp³-hybridized carbons (Fsp3) is 0.435. The molecule has 6 heteroatoms. The summed E-state index contributed by atoms with van der Waals surface area (Å²) in [6, 6.07) is 12.6. The van der Waals surface area contributed by atoms with Crippen molar-refractivity contribution in [3.63, 3.8) is 0 Å². The van der Waals surface area contributed by atoms with Crippen molar-refractivity contribution < 1.29 is 18.5 Å². The molecule has 4 rings (SSSR count). The number of rotatable bonds is 5. The standard InChI is InChI=1S/C23H27BFNO3/c1-22(2)23(3,4)29-24(28-22)19-12-11-18(20(25)13-19)14-26-21(27)17-9-7-16(8-10-17)15-5-6-15/h7-13,15H,5-6,14H2,1-4H3,(H,26,27). The van der Waals surface area contributed by atoms with E-state index in [0.717, 1.165) is 0 Å². The molecular weight excluding hydrogens is 368 g/mol. The number of carbonyl (C=O) groups is 1. The predicted octanol–water partition coefficient (Wildman–Crippen LogP) is 3.93. The van der Waals surface area contributed by atoms with E-state index < -0.39 is 18.3 Å². The van der Waals surface area contributed by atoms with Gasteiger partial charge in [0.1, 0.15) is 5.82 Å². The minimum absolute atomic E-state index is 0.124. The van der Waals surface area contributed by atoms with Gasteiger partial charge < -0.3 is 14.6 Å². The summed E-state index contributed by atoms with van der Waals surface area (Å²) in [5, 5.41) is 2.79. The minimum Gasteiger partial charge on any atom is -0.399 e. The molecule has 4 nitrogen and oxygen atoms in total. The van der Waals surface area contributed by atoms with E-state index in [9.17, 15) is 9.18 Å². The van der Waals surface area contributed by atoms with Gasteiger partial charge in [0.05, 0.1) is 11.2 Å². The van der Waals surface area contributed by atoms with Crippen LogP contribution in [0.4, 0.5) is 4.39 Å². The molecule has 0 unspecified atom stereocenters. The first kappa shape index (κ1) is 20.1. The molecule has 0 radical (unpaired) electrons. The van der Waals surface area contributed by atoms with Crippen LogP contribution in [0.2, 0.25) is 0 Å². The first-order chi connectivity index (χ1) is 13.7. The van der Waals surface area contributed by atoms with Gasteiger partial charge in [-0.15, -0.1) is 0 Å². The van der Waals surface area contributed by atoms with Crippen molar-refractivity contribution in [2.24, 2.45) is 0 Å². The zero-order chi connectivity index (χ0) is 20.8. The monoisotopic (exact) mass is 395 g/mol. The molecule has 29 heavy (non-hydrogen) atoms. The summed E-state index contributed by atoms with van der Waals surface area (Å²) in [4.78, 5) is 12.4. The molecule has 0 bridgehead atoms. The van der Waals surface area contributed by atoms with Crippen molar-refractivity contribution >= 4 is 18.5 Å². The fourth-order valence-electron chi connectivity index (χ4n) is 3.43. The molecular formula is C23H27BFNO3. The molecule has 1 aliphatic heterocycles. The Hall–Kier alpha value is -2.18. The highest BCUT2D eigenvalue weighted by molar-refractivity contribution is 6.62. The summed E-state index contributed by atoms with van der Waals surface area (Å²) in [7, 11) is -0.608. The van der Waals surface area contributed by atoms with Crippen LogP contribution in [0, 0.1) is 5.82 Å². The SMILES string of the molecule is CC1(C)OB(c2ccc(CNC(=O)c3ccc(C4CC4)cc3)c(F)c2)OC1(C)C. The van der Waals surface area contributed by atoms with Crippen molar-refractivity contribution in [2.75, 3.05) is 0 Å². The van der Waals surface area contributed by atoms with Crippen LogP contribution < -0.4 is 10.8 Å². The molecule has 1 saturated carbocycles. The number of halogens is 1. The summed E-state index contributed by atoms with van der Waals surface area (Å²) >= 11 is 0. The number of nitrogens with one attached hydrogen (secondary N) is 1. The molecule has 1 amide bonds. The Bertz CT molecular complexity index is 906. The zero-order valence-electron chi connectivity index (χ0n) is 17.4. The van der Waals surface area contributed by atoms with Crippen molar-refractivity contribution in [1.82, 2.24) is 5.32 Å². The van der Waals surface area contributed by atoms with E-state index in [4.69, 9.17) is 9.31 Å². The van der Waals surface area contributed by atoms with Crippen LogP contribution in [-0.4, -0.2) is 24.2 Å². The first-order valence-corrected chi connectivity index (χ1v) is 10.2. The summed E-state index contributed by atoms with van der Waals surface area (Å²) in [5.41, 5.74) is 1.97. The van der Waals surface area contributed by atoms with Crippen LogP contribution in [-0.2, 0) is 15.9 Å². The van der Waals surface area contributed by atoms with Gasteiger partial charge in [-0.2, -0.15) is 0 Å². The molecule has 1 N–H and O–H groups in total. The molecule has 2 aliphatic rings.